The van der Waals surface area contributed by atoms with Gasteiger partial charge in [0, 0.05) is 0 Å². The molecule has 1 unspecified atom stereocenters. The quantitative estimate of drug-likeness (QED) is 0.751. The molecule has 0 aliphatic carbocycles. The first-order valence-electron chi connectivity index (χ1n) is 7.01. The summed E-state index contributed by atoms with van der Waals surface area (Å²) >= 11 is 0. The number of H-pyrrole nitrogens is 1. The Morgan fingerprint density at radius 2 is 2.05 bits per heavy atom. The van der Waals surface area contributed by atoms with Gasteiger partial charge in [-0.25, -0.2) is 4.79 Å². The van der Waals surface area contributed by atoms with E-state index in [1.54, 1.807) is 12.1 Å². The van der Waals surface area contributed by atoms with Crippen LogP contribution in [-0.2, 0) is 0 Å². The van der Waals surface area contributed by atoms with Crippen LogP contribution in [0.3, 0.4) is 0 Å². The van der Waals surface area contributed by atoms with Gasteiger partial charge in [0.25, 0.3) is 0 Å². The van der Waals surface area contributed by atoms with E-state index < -0.39 is 11.9 Å². The predicted octanol–water partition coefficient (Wildman–Crippen LogP) is 3.52. The molecule has 0 saturated heterocycles. The van der Waals surface area contributed by atoms with Gasteiger partial charge in [-0.05, 0) is 24.1 Å². The molecule has 1 aromatic heterocycles. The zero-order chi connectivity index (χ0) is 13.7. The minimum Gasteiger partial charge on any atom is -0.408 e. The van der Waals surface area contributed by atoms with Crippen molar-refractivity contribution in [2.75, 3.05) is 0 Å². The van der Waals surface area contributed by atoms with Crippen LogP contribution in [0.25, 0.3) is 11.1 Å². The lowest BCUT2D eigenvalue weighted by Crippen LogP contribution is -1.97. The maximum absolute atomic E-state index is 11.1. The molecule has 2 rings (SSSR count). The van der Waals surface area contributed by atoms with Crippen molar-refractivity contribution in [2.45, 2.75) is 51.6 Å². The summed E-state index contributed by atoms with van der Waals surface area (Å²) < 4.78 is 4.99. The van der Waals surface area contributed by atoms with Gasteiger partial charge < -0.3 is 9.52 Å². The fourth-order valence-corrected chi connectivity index (χ4v) is 2.28. The summed E-state index contributed by atoms with van der Waals surface area (Å²) in [6.07, 6.45) is 6.18. The van der Waals surface area contributed by atoms with Crippen molar-refractivity contribution in [3.63, 3.8) is 0 Å². The Morgan fingerprint density at radius 3 is 2.84 bits per heavy atom. The van der Waals surface area contributed by atoms with E-state index in [-0.39, 0.29) is 0 Å². The van der Waals surface area contributed by atoms with E-state index in [0.29, 0.717) is 11.1 Å². The number of oxazole rings is 1. The maximum atomic E-state index is 11.1. The number of benzene rings is 1. The Hall–Kier alpha value is -1.55. The van der Waals surface area contributed by atoms with E-state index in [9.17, 15) is 9.90 Å². The van der Waals surface area contributed by atoms with E-state index >= 15 is 0 Å². The highest BCUT2D eigenvalue weighted by Crippen LogP contribution is 2.23. The number of rotatable bonds is 7. The molecule has 0 bridgehead atoms. The van der Waals surface area contributed by atoms with Crippen LogP contribution < -0.4 is 5.76 Å². The fourth-order valence-electron chi connectivity index (χ4n) is 2.28. The highest BCUT2D eigenvalue weighted by molar-refractivity contribution is 5.72. The summed E-state index contributed by atoms with van der Waals surface area (Å²) in [6.45, 7) is 2.19. The van der Waals surface area contributed by atoms with Gasteiger partial charge >= 0.3 is 5.76 Å². The molecule has 4 nitrogen and oxygen atoms in total. The van der Waals surface area contributed by atoms with Crippen molar-refractivity contribution in [1.29, 1.82) is 0 Å². The zero-order valence-electron chi connectivity index (χ0n) is 11.3. The molecule has 0 radical (unpaired) electrons. The van der Waals surface area contributed by atoms with Gasteiger partial charge in [0.15, 0.2) is 5.58 Å². The molecule has 0 saturated carbocycles. The smallest absolute Gasteiger partial charge is 0.408 e. The van der Waals surface area contributed by atoms with Crippen LogP contribution in [-0.4, -0.2) is 10.1 Å². The molecule has 0 amide bonds. The summed E-state index contributed by atoms with van der Waals surface area (Å²) in [5, 5.41) is 10.1. The first-order valence-corrected chi connectivity index (χ1v) is 7.01. The lowest BCUT2D eigenvalue weighted by Gasteiger charge is -2.10. The van der Waals surface area contributed by atoms with Crippen LogP contribution >= 0.6 is 0 Å². The number of nitrogens with one attached hydrogen (secondary N) is 1. The van der Waals surface area contributed by atoms with Crippen molar-refractivity contribution < 1.29 is 9.52 Å². The summed E-state index contributed by atoms with van der Waals surface area (Å²) in [5.41, 5.74) is 1.99. The lowest BCUT2D eigenvalue weighted by atomic mass is 10.0. The molecule has 4 heteroatoms. The minimum absolute atomic E-state index is 0.457. The third kappa shape index (κ3) is 3.70. The van der Waals surface area contributed by atoms with Crippen molar-refractivity contribution >= 4 is 11.1 Å². The molecule has 1 aromatic carbocycles. The number of aliphatic hydroxyl groups is 1. The van der Waals surface area contributed by atoms with Gasteiger partial charge in [-0.3, -0.25) is 4.98 Å². The number of aliphatic hydroxyl groups excluding tert-OH is 1. The maximum Gasteiger partial charge on any atom is 0.417 e. The van der Waals surface area contributed by atoms with Gasteiger partial charge in [0.2, 0.25) is 0 Å². The van der Waals surface area contributed by atoms with E-state index in [4.69, 9.17) is 4.42 Å². The largest absolute Gasteiger partial charge is 0.417 e. The Morgan fingerprint density at radius 1 is 1.26 bits per heavy atom. The molecule has 1 atom stereocenters. The first kappa shape index (κ1) is 13.9. The molecular weight excluding hydrogens is 242 g/mol. The summed E-state index contributed by atoms with van der Waals surface area (Å²) in [4.78, 5) is 13.6. The summed E-state index contributed by atoms with van der Waals surface area (Å²) in [5.74, 6) is -0.457. The van der Waals surface area contributed by atoms with E-state index in [0.717, 1.165) is 24.8 Å². The van der Waals surface area contributed by atoms with E-state index in [1.807, 2.05) is 6.07 Å². The van der Waals surface area contributed by atoms with E-state index in [1.165, 1.54) is 19.3 Å². The second-order valence-electron chi connectivity index (χ2n) is 4.99. The number of unbranched alkanes of at least 4 members (excludes halogenated alkanes) is 4. The molecule has 0 fully saturated rings. The van der Waals surface area contributed by atoms with Crippen LogP contribution in [0, 0.1) is 0 Å². The summed E-state index contributed by atoms with van der Waals surface area (Å²) in [7, 11) is 0. The molecule has 2 aromatic rings. The predicted molar refractivity (Wildman–Crippen MR) is 75.2 cm³/mol. The van der Waals surface area contributed by atoms with Crippen molar-refractivity contribution in [2.24, 2.45) is 0 Å². The van der Waals surface area contributed by atoms with Crippen LogP contribution in [0.2, 0.25) is 0 Å². The third-order valence-electron chi connectivity index (χ3n) is 3.41. The van der Waals surface area contributed by atoms with Gasteiger partial charge in [-0.2, -0.15) is 0 Å². The Labute approximate surface area is 112 Å². The number of fused-ring (bicyclic) bond motifs is 1. The monoisotopic (exact) mass is 263 g/mol. The molecule has 19 heavy (non-hydrogen) atoms. The lowest BCUT2D eigenvalue weighted by molar-refractivity contribution is 0.163. The van der Waals surface area contributed by atoms with Gasteiger partial charge in [0.05, 0.1) is 11.6 Å². The highest BCUT2D eigenvalue weighted by atomic mass is 16.4. The van der Waals surface area contributed by atoms with E-state index in [2.05, 4.69) is 11.9 Å². The van der Waals surface area contributed by atoms with Crippen molar-refractivity contribution in [3.8, 4) is 0 Å². The molecule has 1 heterocycles. The number of hydrogen-bond donors (Lipinski definition) is 2. The van der Waals surface area contributed by atoms with Crippen LogP contribution in [0.15, 0.2) is 27.4 Å². The second kappa shape index (κ2) is 6.57. The fraction of sp³-hybridized carbons (Fsp3) is 0.533. The third-order valence-corrected chi connectivity index (χ3v) is 3.41. The molecular formula is C15H21NO3. The van der Waals surface area contributed by atoms with Gasteiger partial charge in [-0.1, -0.05) is 45.1 Å². The molecule has 0 spiro atoms. The Balaban J connectivity index is 1.93. The molecule has 0 aliphatic heterocycles. The summed E-state index contributed by atoms with van der Waals surface area (Å²) in [6, 6.07) is 5.35. The Kier molecular flexibility index (Phi) is 4.80. The molecule has 2 N–H and O–H groups in total. The SMILES string of the molecule is CCCCCCCC(O)c1ccc2[nH]c(=O)oc2c1. The number of aromatic nitrogens is 1. The van der Waals surface area contributed by atoms with Gasteiger partial charge in [-0.15, -0.1) is 0 Å². The van der Waals surface area contributed by atoms with Crippen molar-refractivity contribution in [1.82, 2.24) is 4.98 Å². The highest BCUT2D eigenvalue weighted by Gasteiger charge is 2.09. The molecule has 0 aliphatic rings. The van der Waals surface area contributed by atoms with Crippen LogP contribution in [0.5, 0.6) is 0 Å². The number of hydrogen-bond acceptors (Lipinski definition) is 3. The Bertz CT molecular complexity index is 570. The molecule has 104 valence electrons. The normalized spacial score (nSPS) is 12.9. The van der Waals surface area contributed by atoms with Crippen LogP contribution in [0.1, 0.15) is 57.1 Å². The van der Waals surface area contributed by atoms with Gasteiger partial charge in [0.1, 0.15) is 0 Å². The average Bonchev–Trinajstić information content (AvgIpc) is 2.77. The zero-order valence-corrected chi connectivity index (χ0v) is 11.3. The minimum atomic E-state index is -0.480. The standard InChI is InChI=1S/C15H21NO3/c1-2-3-4-5-6-7-13(17)11-8-9-12-14(10-11)19-15(18)16-12/h8-10,13,17H,2-7H2,1H3,(H,16,18). The topological polar surface area (TPSA) is 66.2 Å². The first-order chi connectivity index (χ1) is 9.20. The number of aromatic amines is 1. The van der Waals surface area contributed by atoms with Crippen molar-refractivity contribution in [3.05, 3.63) is 34.3 Å². The second-order valence-corrected chi connectivity index (χ2v) is 4.99. The van der Waals surface area contributed by atoms with Crippen LogP contribution in [0.4, 0.5) is 0 Å². The average molecular weight is 263 g/mol.